The number of carbonyl (C=O) groups excluding carboxylic acids is 2. The van der Waals surface area contributed by atoms with E-state index in [1.165, 1.54) is 32.1 Å². The second-order valence-corrected chi connectivity index (χ2v) is 8.38. The van der Waals surface area contributed by atoms with Crippen molar-refractivity contribution in [3.8, 4) is 0 Å². The van der Waals surface area contributed by atoms with Gasteiger partial charge in [-0.15, -0.1) is 0 Å². The lowest BCUT2D eigenvalue weighted by Gasteiger charge is -2.31. The van der Waals surface area contributed by atoms with Gasteiger partial charge in [0.25, 0.3) is 0 Å². The van der Waals surface area contributed by atoms with E-state index >= 15 is 0 Å². The maximum Gasteiger partial charge on any atom is 0.223 e. The number of hydrogen-bond donors (Lipinski definition) is 3. The van der Waals surface area contributed by atoms with Gasteiger partial charge in [-0.3, -0.25) is 9.59 Å². The summed E-state index contributed by atoms with van der Waals surface area (Å²) in [6, 6.07) is 0.575. The van der Waals surface area contributed by atoms with Gasteiger partial charge in [0.2, 0.25) is 11.8 Å². The fraction of sp³-hybridized carbons (Fsp3) is 0.900. The Kier molecular flexibility index (Phi) is 7.14. The predicted molar refractivity (Wildman–Crippen MR) is 99.1 cm³/mol. The molecule has 1 aliphatic heterocycles. The van der Waals surface area contributed by atoms with Gasteiger partial charge < -0.3 is 16.0 Å². The first-order valence-electron chi connectivity index (χ1n) is 10.5. The summed E-state index contributed by atoms with van der Waals surface area (Å²) in [7, 11) is 0. The largest absolute Gasteiger partial charge is 0.353 e. The fourth-order valence-corrected chi connectivity index (χ4v) is 4.73. The maximum absolute atomic E-state index is 12.4. The molecule has 3 fully saturated rings. The van der Waals surface area contributed by atoms with Crippen molar-refractivity contribution in [3.05, 3.63) is 0 Å². The summed E-state index contributed by atoms with van der Waals surface area (Å²) in [6.07, 6.45) is 13.0. The van der Waals surface area contributed by atoms with E-state index in [1.807, 2.05) is 0 Å². The maximum atomic E-state index is 12.4. The van der Waals surface area contributed by atoms with Crippen LogP contribution in [0.25, 0.3) is 0 Å². The SMILES string of the molecule is O=C(CC1CCCCC1)NC1CCC(C(=O)N[C@H]2CCCNC2)CC1. The third kappa shape index (κ3) is 5.98. The van der Waals surface area contributed by atoms with Gasteiger partial charge >= 0.3 is 0 Å². The van der Waals surface area contributed by atoms with E-state index in [-0.39, 0.29) is 23.8 Å². The quantitative estimate of drug-likeness (QED) is 0.714. The first-order valence-corrected chi connectivity index (χ1v) is 10.5. The Bertz CT molecular complexity index is 434. The van der Waals surface area contributed by atoms with E-state index in [2.05, 4.69) is 16.0 Å². The number of piperidine rings is 1. The molecule has 3 aliphatic rings. The Hall–Kier alpha value is -1.10. The van der Waals surface area contributed by atoms with Crippen LogP contribution >= 0.6 is 0 Å². The molecule has 0 spiro atoms. The first kappa shape index (κ1) is 18.7. The van der Waals surface area contributed by atoms with Gasteiger partial charge in [-0.2, -0.15) is 0 Å². The van der Waals surface area contributed by atoms with E-state index in [1.54, 1.807) is 0 Å². The van der Waals surface area contributed by atoms with Crippen molar-refractivity contribution in [2.45, 2.75) is 89.1 Å². The topological polar surface area (TPSA) is 70.2 Å². The van der Waals surface area contributed by atoms with Gasteiger partial charge in [-0.25, -0.2) is 0 Å². The van der Waals surface area contributed by atoms with Crippen LogP contribution in [-0.4, -0.2) is 37.0 Å². The van der Waals surface area contributed by atoms with Crippen molar-refractivity contribution in [3.63, 3.8) is 0 Å². The van der Waals surface area contributed by atoms with E-state index < -0.39 is 0 Å². The van der Waals surface area contributed by atoms with Crippen molar-refractivity contribution in [1.29, 1.82) is 0 Å². The van der Waals surface area contributed by atoms with E-state index in [0.29, 0.717) is 18.4 Å². The lowest BCUT2D eigenvalue weighted by Crippen LogP contribution is -2.48. The van der Waals surface area contributed by atoms with Gasteiger partial charge in [0.05, 0.1) is 0 Å². The molecule has 2 saturated carbocycles. The summed E-state index contributed by atoms with van der Waals surface area (Å²) in [5.74, 6) is 1.18. The molecule has 2 amide bonds. The summed E-state index contributed by atoms with van der Waals surface area (Å²) < 4.78 is 0. The lowest BCUT2D eigenvalue weighted by atomic mass is 9.84. The van der Waals surface area contributed by atoms with Crippen LogP contribution in [0.2, 0.25) is 0 Å². The average Bonchev–Trinajstić information content (AvgIpc) is 2.64. The number of carbonyl (C=O) groups is 2. The van der Waals surface area contributed by atoms with Gasteiger partial charge in [-0.05, 0) is 63.8 Å². The number of amides is 2. The van der Waals surface area contributed by atoms with E-state index in [0.717, 1.165) is 51.6 Å². The minimum Gasteiger partial charge on any atom is -0.353 e. The molecule has 1 saturated heterocycles. The highest BCUT2D eigenvalue weighted by Gasteiger charge is 2.29. The number of nitrogens with one attached hydrogen (secondary N) is 3. The monoisotopic (exact) mass is 349 g/mol. The van der Waals surface area contributed by atoms with E-state index in [9.17, 15) is 9.59 Å². The Morgan fingerprint density at radius 3 is 2.24 bits per heavy atom. The summed E-state index contributed by atoms with van der Waals surface area (Å²) in [6.45, 7) is 1.97. The minimum atomic E-state index is 0.133. The standard InChI is InChI=1S/C20H35N3O2/c24-19(13-15-5-2-1-3-6-15)22-17-10-8-16(9-11-17)20(25)23-18-7-4-12-21-14-18/h15-18,21H,1-14H2,(H,22,24)(H,23,25)/t16?,17?,18-/m0/s1. The molecule has 2 aliphatic carbocycles. The average molecular weight is 350 g/mol. The molecule has 0 radical (unpaired) electrons. The first-order chi connectivity index (χ1) is 12.2. The minimum absolute atomic E-state index is 0.133. The zero-order chi connectivity index (χ0) is 17.5. The van der Waals surface area contributed by atoms with Crippen LogP contribution in [0.4, 0.5) is 0 Å². The molecular weight excluding hydrogens is 314 g/mol. The number of hydrogen-bond acceptors (Lipinski definition) is 3. The molecule has 25 heavy (non-hydrogen) atoms. The normalized spacial score (nSPS) is 31.3. The molecule has 5 heteroatoms. The second kappa shape index (κ2) is 9.56. The molecule has 1 atom stereocenters. The van der Waals surface area contributed by atoms with Gasteiger partial charge in [0, 0.05) is 31.0 Å². The van der Waals surface area contributed by atoms with Crippen LogP contribution in [0.1, 0.15) is 77.0 Å². The van der Waals surface area contributed by atoms with Crippen LogP contribution in [0.15, 0.2) is 0 Å². The van der Waals surface area contributed by atoms with Gasteiger partial charge in [0.15, 0.2) is 0 Å². The summed E-state index contributed by atoms with van der Waals surface area (Å²) in [5, 5.41) is 9.78. The van der Waals surface area contributed by atoms with Crippen molar-refractivity contribution >= 4 is 11.8 Å². The molecule has 3 rings (SSSR count). The highest BCUT2D eigenvalue weighted by Crippen LogP contribution is 2.28. The van der Waals surface area contributed by atoms with Gasteiger partial charge in [-0.1, -0.05) is 19.3 Å². The summed E-state index contributed by atoms with van der Waals surface area (Å²) in [4.78, 5) is 24.7. The van der Waals surface area contributed by atoms with Crippen LogP contribution < -0.4 is 16.0 Å². The Balaban J connectivity index is 1.33. The Labute approximate surface area is 152 Å². The summed E-state index contributed by atoms with van der Waals surface area (Å²) in [5.41, 5.74) is 0. The molecule has 0 bridgehead atoms. The van der Waals surface area contributed by atoms with Crippen LogP contribution in [0.5, 0.6) is 0 Å². The number of rotatable bonds is 5. The fourth-order valence-electron chi connectivity index (χ4n) is 4.73. The molecule has 0 unspecified atom stereocenters. The third-order valence-corrected chi connectivity index (χ3v) is 6.31. The van der Waals surface area contributed by atoms with Crippen molar-refractivity contribution < 1.29 is 9.59 Å². The third-order valence-electron chi connectivity index (χ3n) is 6.31. The second-order valence-electron chi connectivity index (χ2n) is 8.38. The highest BCUT2D eigenvalue weighted by molar-refractivity contribution is 5.79. The van der Waals surface area contributed by atoms with Crippen LogP contribution in [-0.2, 0) is 9.59 Å². The Morgan fingerprint density at radius 2 is 1.56 bits per heavy atom. The molecule has 0 aromatic carbocycles. The summed E-state index contributed by atoms with van der Waals surface area (Å²) >= 11 is 0. The van der Waals surface area contributed by atoms with Crippen LogP contribution in [0, 0.1) is 11.8 Å². The zero-order valence-corrected chi connectivity index (χ0v) is 15.5. The molecular formula is C20H35N3O2. The molecule has 0 aromatic heterocycles. The molecule has 142 valence electrons. The Morgan fingerprint density at radius 1 is 0.800 bits per heavy atom. The van der Waals surface area contributed by atoms with E-state index in [4.69, 9.17) is 0 Å². The zero-order valence-electron chi connectivity index (χ0n) is 15.5. The molecule has 5 nitrogen and oxygen atoms in total. The smallest absolute Gasteiger partial charge is 0.223 e. The molecule has 1 heterocycles. The highest BCUT2D eigenvalue weighted by atomic mass is 16.2. The van der Waals surface area contributed by atoms with Crippen molar-refractivity contribution in [2.75, 3.05) is 13.1 Å². The molecule has 0 aromatic rings. The van der Waals surface area contributed by atoms with Crippen LogP contribution in [0.3, 0.4) is 0 Å². The van der Waals surface area contributed by atoms with Crippen molar-refractivity contribution in [2.24, 2.45) is 11.8 Å². The predicted octanol–water partition coefficient (Wildman–Crippen LogP) is 2.50. The molecule has 3 N–H and O–H groups in total. The van der Waals surface area contributed by atoms with Gasteiger partial charge in [0.1, 0.15) is 0 Å². The van der Waals surface area contributed by atoms with Crippen molar-refractivity contribution in [1.82, 2.24) is 16.0 Å². The lowest BCUT2D eigenvalue weighted by molar-refractivity contribution is -0.127.